The van der Waals surface area contributed by atoms with Gasteiger partial charge in [0.15, 0.2) is 11.6 Å². The van der Waals surface area contributed by atoms with Crippen LogP contribution in [0.1, 0.15) is 11.1 Å². The second-order valence-corrected chi connectivity index (χ2v) is 5.97. The number of aryl methyl sites for hydroxylation is 1. The summed E-state index contributed by atoms with van der Waals surface area (Å²) in [6, 6.07) is 8.82. The van der Waals surface area contributed by atoms with E-state index < -0.39 is 26.6 Å². The van der Waals surface area contributed by atoms with Crippen LogP contribution in [0.25, 0.3) is 0 Å². The van der Waals surface area contributed by atoms with Crippen molar-refractivity contribution < 1.29 is 17.2 Å². The molecule has 0 radical (unpaired) electrons. The molecule has 0 aromatic heterocycles. The van der Waals surface area contributed by atoms with E-state index >= 15 is 0 Å². The van der Waals surface area contributed by atoms with E-state index in [0.717, 1.165) is 12.1 Å². The summed E-state index contributed by atoms with van der Waals surface area (Å²) in [5, 5.41) is 9.05. The van der Waals surface area contributed by atoms with Gasteiger partial charge in [0.05, 0.1) is 16.1 Å². The quantitative estimate of drug-likeness (QED) is 0.947. The maximum Gasteiger partial charge on any atom is 0.262 e. The lowest BCUT2D eigenvalue weighted by Crippen LogP contribution is -2.14. The van der Waals surface area contributed by atoms with Crippen LogP contribution < -0.4 is 4.72 Å². The molecule has 0 spiro atoms. The van der Waals surface area contributed by atoms with Gasteiger partial charge in [-0.15, -0.1) is 0 Å². The molecule has 1 N–H and O–H groups in total. The Labute approximate surface area is 120 Å². The lowest BCUT2D eigenvalue weighted by Gasteiger charge is -2.11. The summed E-state index contributed by atoms with van der Waals surface area (Å²) in [6.07, 6.45) is 0. The zero-order valence-electron chi connectivity index (χ0n) is 10.9. The van der Waals surface area contributed by atoms with Gasteiger partial charge in [-0.3, -0.25) is 4.72 Å². The van der Waals surface area contributed by atoms with Gasteiger partial charge in [-0.25, -0.2) is 17.2 Å². The second-order valence-electron chi connectivity index (χ2n) is 4.29. The van der Waals surface area contributed by atoms with Crippen LogP contribution in [0.4, 0.5) is 14.5 Å². The Balaban J connectivity index is 2.45. The summed E-state index contributed by atoms with van der Waals surface area (Å²) < 4.78 is 52.5. The molecular formula is C14H10F2N2O2S. The fourth-order valence-electron chi connectivity index (χ4n) is 1.75. The highest BCUT2D eigenvalue weighted by atomic mass is 32.2. The maximum atomic E-state index is 13.1. The van der Waals surface area contributed by atoms with E-state index in [1.165, 1.54) is 6.07 Å². The molecular weight excluding hydrogens is 298 g/mol. The number of benzene rings is 2. The molecule has 4 nitrogen and oxygen atoms in total. The highest BCUT2D eigenvalue weighted by Crippen LogP contribution is 2.23. The van der Waals surface area contributed by atoms with Crippen LogP contribution in [0.15, 0.2) is 41.3 Å². The maximum absolute atomic E-state index is 13.1. The summed E-state index contributed by atoms with van der Waals surface area (Å²) in [6.45, 7) is 1.66. The topological polar surface area (TPSA) is 70.0 Å². The van der Waals surface area contributed by atoms with Gasteiger partial charge in [-0.1, -0.05) is 12.1 Å². The molecule has 0 aliphatic carbocycles. The predicted molar refractivity (Wildman–Crippen MR) is 73.1 cm³/mol. The summed E-state index contributed by atoms with van der Waals surface area (Å²) in [5.41, 5.74) is 0.855. The van der Waals surface area contributed by atoms with Gasteiger partial charge in [0.2, 0.25) is 0 Å². The lowest BCUT2D eigenvalue weighted by molar-refractivity contribution is 0.504. The van der Waals surface area contributed by atoms with Crippen molar-refractivity contribution in [3.8, 4) is 6.07 Å². The minimum absolute atomic E-state index is 0.0854. The van der Waals surface area contributed by atoms with Crippen molar-refractivity contribution >= 4 is 15.7 Å². The predicted octanol–water partition coefficient (Wildman–Crippen LogP) is 2.95. The molecule has 0 amide bonds. The SMILES string of the molecule is Cc1cccc(NS(=O)(=O)c2ccc(F)c(F)c2)c1C#N. The van der Waals surface area contributed by atoms with E-state index in [-0.39, 0.29) is 11.3 Å². The summed E-state index contributed by atoms with van der Waals surface area (Å²) in [7, 11) is -4.11. The summed E-state index contributed by atoms with van der Waals surface area (Å²) in [4.78, 5) is -0.424. The molecule has 0 atom stereocenters. The molecule has 108 valence electrons. The number of nitrogens with zero attached hydrogens (tertiary/aromatic N) is 1. The Bertz CT molecular complexity index is 843. The van der Waals surface area contributed by atoms with Gasteiger partial charge in [-0.05, 0) is 36.8 Å². The molecule has 0 aliphatic rings. The minimum Gasteiger partial charge on any atom is -0.278 e. The average Bonchev–Trinajstić information content (AvgIpc) is 2.41. The van der Waals surface area contributed by atoms with Crippen LogP contribution in [-0.2, 0) is 10.0 Å². The first-order valence-electron chi connectivity index (χ1n) is 5.83. The molecule has 0 saturated carbocycles. The van der Waals surface area contributed by atoms with Gasteiger partial charge < -0.3 is 0 Å². The molecule has 0 fully saturated rings. The molecule has 0 unspecified atom stereocenters. The fourth-order valence-corrected chi connectivity index (χ4v) is 2.83. The lowest BCUT2D eigenvalue weighted by atomic mass is 10.1. The highest BCUT2D eigenvalue weighted by Gasteiger charge is 2.18. The first kappa shape index (κ1) is 14.9. The van der Waals surface area contributed by atoms with Crippen molar-refractivity contribution in [1.82, 2.24) is 0 Å². The molecule has 7 heteroatoms. The van der Waals surface area contributed by atoms with Crippen molar-refractivity contribution in [3.63, 3.8) is 0 Å². The second kappa shape index (κ2) is 5.50. The van der Waals surface area contributed by atoms with Crippen LogP contribution in [0.5, 0.6) is 0 Å². The summed E-state index contributed by atoms with van der Waals surface area (Å²) in [5.74, 6) is -2.40. The Morgan fingerprint density at radius 2 is 1.86 bits per heavy atom. The third-order valence-corrected chi connectivity index (χ3v) is 4.19. The van der Waals surface area contributed by atoms with E-state index in [9.17, 15) is 17.2 Å². The average molecular weight is 308 g/mol. The van der Waals surface area contributed by atoms with Crippen LogP contribution in [0.2, 0.25) is 0 Å². The molecule has 0 heterocycles. The van der Waals surface area contributed by atoms with Crippen LogP contribution in [0.3, 0.4) is 0 Å². The van der Waals surface area contributed by atoms with Crippen LogP contribution >= 0.6 is 0 Å². The van der Waals surface area contributed by atoms with Crippen LogP contribution in [0, 0.1) is 29.9 Å². The van der Waals surface area contributed by atoms with Crippen molar-refractivity contribution in [2.45, 2.75) is 11.8 Å². The third kappa shape index (κ3) is 3.01. The van der Waals surface area contributed by atoms with E-state index in [1.807, 2.05) is 6.07 Å². The first-order chi connectivity index (χ1) is 9.85. The minimum atomic E-state index is -4.11. The smallest absolute Gasteiger partial charge is 0.262 e. The Morgan fingerprint density at radius 1 is 1.14 bits per heavy atom. The Hall–Kier alpha value is -2.46. The van der Waals surface area contributed by atoms with Gasteiger partial charge in [-0.2, -0.15) is 5.26 Å². The first-order valence-corrected chi connectivity index (χ1v) is 7.31. The zero-order valence-corrected chi connectivity index (χ0v) is 11.7. The van der Waals surface area contributed by atoms with Gasteiger partial charge in [0.1, 0.15) is 6.07 Å². The zero-order chi connectivity index (χ0) is 15.6. The largest absolute Gasteiger partial charge is 0.278 e. The van der Waals surface area contributed by atoms with Gasteiger partial charge >= 0.3 is 0 Å². The molecule has 2 aromatic carbocycles. The number of anilines is 1. The van der Waals surface area contributed by atoms with E-state index in [1.54, 1.807) is 19.1 Å². The van der Waals surface area contributed by atoms with E-state index in [4.69, 9.17) is 5.26 Å². The third-order valence-electron chi connectivity index (χ3n) is 2.83. The van der Waals surface area contributed by atoms with E-state index in [0.29, 0.717) is 11.6 Å². The number of halogens is 2. The van der Waals surface area contributed by atoms with Gasteiger partial charge in [0, 0.05) is 0 Å². The fraction of sp³-hybridized carbons (Fsp3) is 0.0714. The van der Waals surface area contributed by atoms with Crippen LogP contribution in [-0.4, -0.2) is 8.42 Å². The number of hydrogen-bond donors (Lipinski definition) is 1. The molecule has 0 aliphatic heterocycles. The number of nitriles is 1. The van der Waals surface area contributed by atoms with Crippen molar-refractivity contribution in [3.05, 3.63) is 59.2 Å². The summed E-state index contributed by atoms with van der Waals surface area (Å²) >= 11 is 0. The number of hydrogen-bond acceptors (Lipinski definition) is 3. The standard InChI is InChI=1S/C14H10F2N2O2S/c1-9-3-2-4-14(11(9)8-17)18-21(19,20)10-5-6-12(15)13(16)7-10/h2-7,18H,1H3. The van der Waals surface area contributed by atoms with Crippen molar-refractivity contribution in [1.29, 1.82) is 5.26 Å². The Morgan fingerprint density at radius 3 is 2.48 bits per heavy atom. The molecule has 0 bridgehead atoms. The number of rotatable bonds is 3. The van der Waals surface area contributed by atoms with Crippen molar-refractivity contribution in [2.75, 3.05) is 4.72 Å². The highest BCUT2D eigenvalue weighted by molar-refractivity contribution is 7.92. The molecule has 2 rings (SSSR count). The normalized spacial score (nSPS) is 11.0. The molecule has 0 saturated heterocycles. The van der Waals surface area contributed by atoms with E-state index in [2.05, 4.69) is 4.72 Å². The van der Waals surface area contributed by atoms with Crippen molar-refractivity contribution in [2.24, 2.45) is 0 Å². The van der Waals surface area contributed by atoms with Gasteiger partial charge in [0.25, 0.3) is 10.0 Å². The molecule has 2 aromatic rings. The number of nitrogens with one attached hydrogen (secondary N) is 1. The monoisotopic (exact) mass is 308 g/mol. The molecule has 21 heavy (non-hydrogen) atoms. The Kier molecular flexibility index (Phi) is 3.91. The number of sulfonamides is 1.